The fraction of sp³-hybridized carbons (Fsp3) is 0.800. The zero-order valence-corrected chi connectivity index (χ0v) is 9.13. The van der Waals surface area contributed by atoms with Gasteiger partial charge in [0.2, 0.25) is 5.89 Å². The molecule has 0 radical (unpaired) electrons. The number of nitrogens with zero attached hydrogens (tertiary/aromatic N) is 2. The number of halogens is 1. The molecule has 4 heteroatoms. The van der Waals surface area contributed by atoms with E-state index in [1.165, 1.54) is 32.1 Å². The van der Waals surface area contributed by atoms with E-state index in [0.717, 1.165) is 5.82 Å². The molecule has 0 aliphatic heterocycles. The summed E-state index contributed by atoms with van der Waals surface area (Å²) in [7, 11) is 0. The van der Waals surface area contributed by atoms with Crippen molar-refractivity contribution < 1.29 is 4.52 Å². The molecular weight excluding hydrogens is 200 g/mol. The molecule has 1 heterocycles. The molecule has 1 fully saturated rings. The topological polar surface area (TPSA) is 38.9 Å². The lowest BCUT2D eigenvalue weighted by Crippen LogP contribution is -2.06. The van der Waals surface area contributed by atoms with E-state index < -0.39 is 0 Å². The Balaban J connectivity index is 2.07. The van der Waals surface area contributed by atoms with Crippen molar-refractivity contribution in [3.05, 3.63) is 11.7 Å². The molecular formula is C10H15ClN2O. The van der Waals surface area contributed by atoms with Gasteiger partial charge in [0.1, 0.15) is 5.38 Å². The first kappa shape index (κ1) is 9.97. The maximum atomic E-state index is 5.86. The molecule has 0 bridgehead atoms. The van der Waals surface area contributed by atoms with E-state index in [1.54, 1.807) is 0 Å². The smallest absolute Gasteiger partial charge is 0.244 e. The minimum Gasteiger partial charge on any atom is -0.338 e. The molecule has 3 nitrogen and oxygen atoms in total. The van der Waals surface area contributed by atoms with Crippen LogP contribution in [0.3, 0.4) is 0 Å². The highest BCUT2D eigenvalue weighted by Gasteiger charge is 2.21. The molecule has 0 N–H and O–H groups in total. The molecule has 14 heavy (non-hydrogen) atoms. The molecule has 2 rings (SSSR count). The highest BCUT2D eigenvalue weighted by Crippen LogP contribution is 2.31. The minimum absolute atomic E-state index is 0.181. The lowest BCUT2D eigenvalue weighted by Gasteiger charge is -2.17. The Kier molecular flexibility index (Phi) is 3.06. The predicted octanol–water partition coefficient (Wildman–Crippen LogP) is 3.42. The van der Waals surface area contributed by atoms with Crippen LogP contribution < -0.4 is 0 Å². The molecule has 0 aromatic carbocycles. The summed E-state index contributed by atoms with van der Waals surface area (Å²) in [4.78, 5) is 4.32. The van der Waals surface area contributed by atoms with Crippen molar-refractivity contribution in [2.75, 3.05) is 0 Å². The van der Waals surface area contributed by atoms with Crippen LogP contribution >= 0.6 is 11.6 Å². The zero-order valence-electron chi connectivity index (χ0n) is 8.37. The summed E-state index contributed by atoms with van der Waals surface area (Å²) in [6.07, 6.45) is 6.29. The number of hydrogen-bond donors (Lipinski definition) is 0. The van der Waals surface area contributed by atoms with Gasteiger partial charge in [-0.3, -0.25) is 0 Å². The standard InChI is InChI=1S/C10H15ClN2O/c1-7(11)10-12-9(13-14-10)8-5-3-2-4-6-8/h7-8H,2-6H2,1H3. The Labute approximate surface area is 88.8 Å². The Hall–Kier alpha value is -0.570. The van der Waals surface area contributed by atoms with Gasteiger partial charge in [-0.05, 0) is 19.8 Å². The Morgan fingerprint density at radius 2 is 2.07 bits per heavy atom. The third-order valence-corrected chi connectivity index (χ3v) is 2.95. The maximum absolute atomic E-state index is 5.86. The summed E-state index contributed by atoms with van der Waals surface area (Å²) in [6, 6.07) is 0. The van der Waals surface area contributed by atoms with Crippen molar-refractivity contribution in [3.63, 3.8) is 0 Å². The summed E-state index contributed by atoms with van der Waals surface area (Å²) in [5, 5.41) is 3.81. The Morgan fingerprint density at radius 1 is 1.36 bits per heavy atom. The minimum atomic E-state index is -0.181. The van der Waals surface area contributed by atoms with E-state index in [4.69, 9.17) is 16.1 Å². The summed E-state index contributed by atoms with van der Waals surface area (Å²) in [5.74, 6) is 1.90. The van der Waals surface area contributed by atoms with Gasteiger partial charge < -0.3 is 4.52 Å². The molecule has 0 saturated heterocycles. The van der Waals surface area contributed by atoms with Gasteiger partial charge >= 0.3 is 0 Å². The molecule has 1 aliphatic rings. The van der Waals surface area contributed by atoms with E-state index in [2.05, 4.69) is 10.1 Å². The maximum Gasteiger partial charge on any atom is 0.244 e. The van der Waals surface area contributed by atoms with Gasteiger partial charge in [0.25, 0.3) is 0 Å². The van der Waals surface area contributed by atoms with Crippen LogP contribution in [0.25, 0.3) is 0 Å². The van der Waals surface area contributed by atoms with E-state index in [0.29, 0.717) is 11.8 Å². The first-order valence-electron chi connectivity index (χ1n) is 5.25. The van der Waals surface area contributed by atoms with Crippen LogP contribution in [0.4, 0.5) is 0 Å². The molecule has 1 unspecified atom stereocenters. The SMILES string of the molecule is CC(Cl)c1nc(C2CCCCC2)no1. The fourth-order valence-electron chi connectivity index (χ4n) is 1.94. The zero-order chi connectivity index (χ0) is 9.97. The van der Waals surface area contributed by atoms with Crippen molar-refractivity contribution in [2.24, 2.45) is 0 Å². The molecule has 1 atom stereocenters. The summed E-state index contributed by atoms with van der Waals surface area (Å²) < 4.78 is 5.09. The first-order chi connectivity index (χ1) is 6.77. The van der Waals surface area contributed by atoms with Crippen molar-refractivity contribution in [1.29, 1.82) is 0 Å². The van der Waals surface area contributed by atoms with Crippen LogP contribution in [0.15, 0.2) is 4.52 Å². The number of alkyl halides is 1. The van der Waals surface area contributed by atoms with Gasteiger partial charge in [-0.1, -0.05) is 24.4 Å². The van der Waals surface area contributed by atoms with E-state index >= 15 is 0 Å². The van der Waals surface area contributed by atoms with Gasteiger partial charge in [-0.2, -0.15) is 4.98 Å². The quantitative estimate of drug-likeness (QED) is 0.709. The molecule has 0 spiro atoms. The second-order valence-electron chi connectivity index (χ2n) is 3.94. The average molecular weight is 215 g/mol. The molecule has 1 aromatic rings. The van der Waals surface area contributed by atoms with Gasteiger partial charge in [0.15, 0.2) is 5.82 Å². The Morgan fingerprint density at radius 3 is 2.64 bits per heavy atom. The summed E-state index contributed by atoms with van der Waals surface area (Å²) in [6.45, 7) is 1.85. The van der Waals surface area contributed by atoms with Gasteiger partial charge in [-0.15, -0.1) is 11.6 Å². The summed E-state index contributed by atoms with van der Waals surface area (Å²) >= 11 is 5.86. The third kappa shape index (κ3) is 2.08. The van der Waals surface area contributed by atoms with Crippen molar-refractivity contribution in [2.45, 2.75) is 50.3 Å². The lowest BCUT2D eigenvalue weighted by atomic mass is 9.89. The first-order valence-corrected chi connectivity index (χ1v) is 5.68. The van der Waals surface area contributed by atoms with E-state index in [-0.39, 0.29) is 5.38 Å². The van der Waals surface area contributed by atoms with Crippen LogP contribution in [-0.4, -0.2) is 10.1 Å². The van der Waals surface area contributed by atoms with Crippen molar-refractivity contribution in [3.8, 4) is 0 Å². The second kappa shape index (κ2) is 4.30. The second-order valence-corrected chi connectivity index (χ2v) is 4.60. The van der Waals surface area contributed by atoms with Gasteiger partial charge in [0.05, 0.1) is 0 Å². The lowest BCUT2D eigenvalue weighted by molar-refractivity contribution is 0.358. The number of rotatable bonds is 2. The molecule has 0 amide bonds. The van der Waals surface area contributed by atoms with Crippen LogP contribution in [0.1, 0.15) is 62.0 Å². The van der Waals surface area contributed by atoms with Crippen molar-refractivity contribution >= 4 is 11.6 Å². The normalized spacial score (nSPS) is 21.0. The Bertz CT molecular complexity index is 292. The largest absolute Gasteiger partial charge is 0.338 e. The highest BCUT2D eigenvalue weighted by molar-refractivity contribution is 6.20. The van der Waals surface area contributed by atoms with Crippen LogP contribution in [0, 0.1) is 0 Å². The van der Waals surface area contributed by atoms with Gasteiger partial charge in [0, 0.05) is 5.92 Å². The number of aromatic nitrogens is 2. The molecule has 1 saturated carbocycles. The summed E-state index contributed by atoms with van der Waals surface area (Å²) in [5.41, 5.74) is 0. The monoisotopic (exact) mass is 214 g/mol. The van der Waals surface area contributed by atoms with Crippen LogP contribution in [0.2, 0.25) is 0 Å². The van der Waals surface area contributed by atoms with Crippen LogP contribution in [-0.2, 0) is 0 Å². The molecule has 1 aliphatic carbocycles. The number of hydrogen-bond acceptors (Lipinski definition) is 3. The predicted molar refractivity (Wildman–Crippen MR) is 54.4 cm³/mol. The van der Waals surface area contributed by atoms with E-state index in [9.17, 15) is 0 Å². The van der Waals surface area contributed by atoms with Crippen LogP contribution in [0.5, 0.6) is 0 Å². The average Bonchev–Trinajstić information content (AvgIpc) is 2.68. The highest BCUT2D eigenvalue weighted by atomic mass is 35.5. The molecule has 78 valence electrons. The fourth-order valence-corrected chi connectivity index (χ4v) is 2.02. The molecule has 1 aromatic heterocycles. The van der Waals surface area contributed by atoms with Gasteiger partial charge in [-0.25, -0.2) is 0 Å². The third-order valence-electron chi connectivity index (χ3n) is 2.77. The van der Waals surface area contributed by atoms with Crippen molar-refractivity contribution in [1.82, 2.24) is 10.1 Å². The van der Waals surface area contributed by atoms with E-state index in [1.807, 2.05) is 6.92 Å².